The summed E-state index contributed by atoms with van der Waals surface area (Å²) in [6.07, 6.45) is -0.590. The molecule has 1 rings (SSSR count). The predicted octanol–water partition coefficient (Wildman–Crippen LogP) is 2.18. The van der Waals surface area contributed by atoms with E-state index in [1.165, 1.54) is 14.0 Å². The third-order valence-electron chi connectivity index (χ3n) is 3.67. The van der Waals surface area contributed by atoms with Crippen LogP contribution in [0.5, 0.6) is 0 Å². The molecule has 0 saturated carbocycles. The van der Waals surface area contributed by atoms with Gasteiger partial charge in [-0.25, -0.2) is 4.79 Å². The van der Waals surface area contributed by atoms with Gasteiger partial charge in [0.2, 0.25) is 0 Å². The highest BCUT2D eigenvalue weighted by Crippen LogP contribution is 2.12. The number of carbonyl (C=O) groups excluding carboxylic acids is 3. The number of rotatable bonds is 10. The fourth-order valence-corrected chi connectivity index (χ4v) is 2.38. The number of hydrogen-bond donors (Lipinski definition) is 2. The Hall–Kier alpha value is -2.12. The zero-order valence-electron chi connectivity index (χ0n) is 16.1. The van der Waals surface area contributed by atoms with Crippen molar-refractivity contribution >= 4 is 29.4 Å². The van der Waals surface area contributed by atoms with E-state index in [9.17, 15) is 14.4 Å². The lowest BCUT2D eigenvalue weighted by atomic mass is 10.0. The first-order valence-electron chi connectivity index (χ1n) is 8.78. The van der Waals surface area contributed by atoms with E-state index in [4.69, 9.17) is 21.1 Å². The van der Waals surface area contributed by atoms with E-state index in [1.54, 1.807) is 24.3 Å². The summed E-state index contributed by atoms with van der Waals surface area (Å²) in [5, 5.41) is 5.78. The van der Waals surface area contributed by atoms with E-state index in [0.717, 1.165) is 0 Å². The van der Waals surface area contributed by atoms with E-state index in [2.05, 4.69) is 10.6 Å². The standard InChI is InChI=1S/C19H27ClN2O5/c1-12(2)11-16(22-18(24)14-5-7-15(20)8-6-14)19(25)27-13(3)17(23)21-9-10-26-4/h5-8,12-13,16H,9-11H2,1-4H3,(H,21,23)(H,22,24)/t13-,16+/m0/s1. The first-order valence-corrected chi connectivity index (χ1v) is 9.16. The minimum atomic E-state index is -0.976. The van der Waals surface area contributed by atoms with Crippen LogP contribution in [-0.2, 0) is 19.1 Å². The lowest BCUT2D eigenvalue weighted by molar-refractivity contribution is -0.157. The van der Waals surface area contributed by atoms with Crippen molar-refractivity contribution in [1.29, 1.82) is 0 Å². The van der Waals surface area contributed by atoms with Gasteiger partial charge in [0.15, 0.2) is 6.10 Å². The fourth-order valence-electron chi connectivity index (χ4n) is 2.26. The van der Waals surface area contributed by atoms with Crippen molar-refractivity contribution in [2.24, 2.45) is 5.92 Å². The van der Waals surface area contributed by atoms with Crippen LogP contribution in [0.15, 0.2) is 24.3 Å². The summed E-state index contributed by atoms with van der Waals surface area (Å²) in [5.41, 5.74) is 0.381. The zero-order chi connectivity index (χ0) is 20.4. The zero-order valence-corrected chi connectivity index (χ0v) is 16.8. The van der Waals surface area contributed by atoms with Crippen molar-refractivity contribution < 1.29 is 23.9 Å². The average molecular weight is 399 g/mol. The van der Waals surface area contributed by atoms with E-state index in [0.29, 0.717) is 30.2 Å². The fraction of sp³-hybridized carbons (Fsp3) is 0.526. The molecule has 7 nitrogen and oxygen atoms in total. The molecule has 0 spiro atoms. The second-order valence-electron chi connectivity index (χ2n) is 6.53. The van der Waals surface area contributed by atoms with E-state index in [-0.39, 0.29) is 5.92 Å². The predicted molar refractivity (Wildman–Crippen MR) is 103 cm³/mol. The van der Waals surface area contributed by atoms with Gasteiger partial charge in [0, 0.05) is 24.2 Å². The Morgan fingerprint density at radius 3 is 2.30 bits per heavy atom. The van der Waals surface area contributed by atoms with Gasteiger partial charge in [-0.05, 0) is 43.5 Å². The van der Waals surface area contributed by atoms with Gasteiger partial charge in [0.25, 0.3) is 11.8 Å². The molecule has 0 unspecified atom stereocenters. The molecule has 1 aromatic rings. The quantitative estimate of drug-likeness (QED) is 0.465. The molecule has 0 saturated heterocycles. The molecule has 2 N–H and O–H groups in total. The van der Waals surface area contributed by atoms with Gasteiger partial charge >= 0.3 is 5.97 Å². The van der Waals surface area contributed by atoms with Crippen LogP contribution in [0.2, 0.25) is 5.02 Å². The summed E-state index contributed by atoms with van der Waals surface area (Å²) in [4.78, 5) is 36.8. The highest BCUT2D eigenvalue weighted by atomic mass is 35.5. The van der Waals surface area contributed by atoms with Gasteiger partial charge in [-0.15, -0.1) is 0 Å². The first-order chi connectivity index (χ1) is 12.7. The minimum absolute atomic E-state index is 0.138. The maximum Gasteiger partial charge on any atom is 0.329 e. The Labute approximate surface area is 164 Å². The molecule has 27 heavy (non-hydrogen) atoms. The number of methoxy groups -OCH3 is 1. The summed E-state index contributed by atoms with van der Waals surface area (Å²) in [7, 11) is 1.52. The van der Waals surface area contributed by atoms with Crippen molar-refractivity contribution in [3.8, 4) is 0 Å². The molecule has 0 aromatic heterocycles. The van der Waals surface area contributed by atoms with Crippen LogP contribution in [0.25, 0.3) is 0 Å². The highest BCUT2D eigenvalue weighted by molar-refractivity contribution is 6.30. The monoisotopic (exact) mass is 398 g/mol. The van der Waals surface area contributed by atoms with Gasteiger partial charge < -0.3 is 20.1 Å². The van der Waals surface area contributed by atoms with Crippen molar-refractivity contribution in [2.75, 3.05) is 20.3 Å². The van der Waals surface area contributed by atoms with Crippen molar-refractivity contribution in [2.45, 2.75) is 39.3 Å². The van der Waals surface area contributed by atoms with Gasteiger partial charge in [-0.3, -0.25) is 9.59 Å². The van der Waals surface area contributed by atoms with Crippen molar-refractivity contribution in [3.05, 3.63) is 34.9 Å². The molecule has 2 amide bonds. The summed E-state index contributed by atoms with van der Waals surface area (Å²) in [6, 6.07) is 5.47. The molecule has 0 aliphatic carbocycles. The molecule has 2 atom stereocenters. The van der Waals surface area contributed by atoms with Crippen LogP contribution in [0, 0.1) is 5.92 Å². The minimum Gasteiger partial charge on any atom is -0.451 e. The van der Waals surface area contributed by atoms with E-state index < -0.39 is 29.9 Å². The molecule has 0 fully saturated rings. The number of benzene rings is 1. The molecule has 0 heterocycles. The molecule has 0 aliphatic heterocycles. The highest BCUT2D eigenvalue weighted by Gasteiger charge is 2.27. The van der Waals surface area contributed by atoms with Gasteiger partial charge in [0.05, 0.1) is 6.61 Å². The molecular weight excluding hydrogens is 372 g/mol. The Morgan fingerprint density at radius 1 is 1.11 bits per heavy atom. The number of esters is 1. The maximum absolute atomic E-state index is 12.5. The number of ether oxygens (including phenoxy) is 2. The number of carbonyl (C=O) groups is 3. The molecular formula is C19H27ClN2O5. The van der Waals surface area contributed by atoms with Gasteiger partial charge in [0.1, 0.15) is 6.04 Å². The van der Waals surface area contributed by atoms with Crippen LogP contribution >= 0.6 is 11.6 Å². The summed E-state index contributed by atoms with van der Waals surface area (Å²) in [5.74, 6) is -1.35. The molecule has 0 aliphatic rings. The Balaban J connectivity index is 2.71. The maximum atomic E-state index is 12.5. The smallest absolute Gasteiger partial charge is 0.329 e. The largest absolute Gasteiger partial charge is 0.451 e. The van der Waals surface area contributed by atoms with E-state index in [1.807, 2.05) is 13.8 Å². The van der Waals surface area contributed by atoms with Crippen LogP contribution in [0.3, 0.4) is 0 Å². The van der Waals surface area contributed by atoms with Crippen molar-refractivity contribution in [3.63, 3.8) is 0 Å². The summed E-state index contributed by atoms with van der Waals surface area (Å²) >= 11 is 5.82. The molecule has 0 radical (unpaired) electrons. The van der Waals surface area contributed by atoms with Gasteiger partial charge in [-0.2, -0.15) is 0 Å². The molecule has 150 valence electrons. The third-order valence-corrected chi connectivity index (χ3v) is 3.92. The number of amides is 2. The van der Waals surface area contributed by atoms with Crippen LogP contribution in [-0.4, -0.2) is 50.2 Å². The lowest BCUT2D eigenvalue weighted by Gasteiger charge is -2.21. The second kappa shape index (κ2) is 11.6. The van der Waals surface area contributed by atoms with Crippen LogP contribution in [0.1, 0.15) is 37.6 Å². The van der Waals surface area contributed by atoms with Crippen LogP contribution in [0.4, 0.5) is 0 Å². The number of hydrogen-bond acceptors (Lipinski definition) is 5. The summed E-state index contributed by atoms with van der Waals surface area (Å²) < 4.78 is 10.1. The molecule has 0 bridgehead atoms. The second-order valence-corrected chi connectivity index (χ2v) is 6.96. The molecule has 1 aromatic carbocycles. The topological polar surface area (TPSA) is 93.7 Å². The summed E-state index contributed by atoms with van der Waals surface area (Å²) in [6.45, 7) is 6.01. The Morgan fingerprint density at radius 2 is 1.74 bits per heavy atom. The van der Waals surface area contributed by atoms with Crippen LogP contribution < -0.4 is 10.6 Å². The Bertz CT molecular complexity index is 633. The average Bonchev–Trinajstić information content (AvgIpc) is 2.61. The van der Waals surface area contributed by atoms with Crippen molar-refractivity contribution in [1.82, 2.24) is 10.6 Å². The van der Waals surface area contributed by atoms with Gasteiger partial charge in [-0.1, -0.05) is 25.4 Å². The Kier molecular flexibility index (Phi) is 9.82. The third kappa shape index (κ3) is 8.41. The first kappa shape index (κ1) is 22.9. The number of halogens is 1. The SMILES string of the molecule is COCCNC(=O)[C@H](C)OC(=O)[C@@H](CC(C)C)NC(=O)c1ccc(Cl)cc1. The molecule has 8 heteroatoms. The number of nitrogens with one attached hydrogen (secondary N) is 2. The van der Waals surface area contributed by atoms with E-state index >= 15 is 0 Å². The lowest BCUT2D eigenvalue weighted by Crippen LogP contribution is -2.46. The normalized spacial score (nSPS) is 13.0.